The Bertz CT molecular complexity index is 1470. The van der Waals surface area contributed by atoms with E-state index in [9.17, 15) is 18.0 Å². The van der Waals surface area contributed by atoms with E-state index in [4.69, 9.17) is 4.74 Å². The summed E-state index contributed by atoms with van der Waals surface area (Å²) in [4.78, 5) is 28.8. The van der Waals surface area contributed by atoms with E-state index >= 15 is 0 Å². The van der Waals surface area contributed by atoms with Crippen molar-refractivity contribution in [1.82, 2.24) is 10.2 Å². The second-order valence-electron chi connectivity index (χ2n) is 10.8. The second-order valence-corrected chi connectivity index (χ2v) is 12.7. The molecule has 3 rings (SSSR count). The summed E-state index contributed by atoms with van der Waals surface area (Å²) in [7, 11) is -2.57. The molecule has 1 N–H and O–H groups in total. The molecule has 0 bridgehead atoms. The van der Waals surface area contributed by atoms with Crippen LogP contribution in [0.4, 0.5) is 5.69 Å². The molecule has 9 heteroatoms. The third-order valence-corrected chi connectivity index (χ3v) is 8.63. The number of ether oxygens (including phenoxy) is 1. The Morgan fingerprint density at radius 2 is 1.56 bits per heavy atom. The smallest absolute Gasteiger partial charge is 0.264 e. The average molecular weight is 580 g/mol. The van der Waals surface area contributed by atoms with Crippen molar-refractivity contribution in [3.63, 3.8) is 0 Å². The van der Waals surface area contributed by atoms with Gasteiger partial charge in [0, 0.05) is 13.1 Å². The number of benzene rings is 3. The van der Waals surface area contributed by atoms with E-state index in [0.29, 0.717) is 23.5 Å². The third kappa shape index (κ3) is 8.10. The molecule has 3 aromatic rings. The summed E-state index contributed by atoms with van der Waals surface area (Å²) in [5.74, 6) is 0.0325. The van der Waals surface area contributed by atoms with Crippen LogP contribution in [0.3, 0.4) is 0 Å². The van der Waals surface area contributed by atoms with Gasteiger partial charge in [-0.2, -0.15) is 0 Å². The van der Waals surface area contributed by atoms with Crippen LogP contribution in [-0.2, 0) is 26.2 Å². The van der Waals surface area contributed by atoms with Gasteiger partial charge >= 0.3 is 0 Å². The SMILES string of the molecule is COc1cccc(CN(C(=O)CN(c2cc(C)ccc2C)S(=O)(=O)c2ccc(C)cc2)C(C)C(=O)NCC(C)C)c1. The summed E-state index contributed by atoms with van der Waals surface area (Å²) < 4.78 is 34.6. The van der Waals surface area contributed by atoms with Crippen molar-refractivity contribution in [3.8, 4) is 5.75 Å². The van der Waals surface area contributed by atoms with Gasteiger partial charge in [-0.25, -0.2) is 8.42 Å². The number of rotatable bonds is 12. The molecular weight excluding hydrogens is 538 g/mol. The van der Waals surface area contributed by atoms with Crippen molar-refractivity contribution in [2.24, 2.45) is 5.92 Å². The van der Waals surface area contributed by atoms with E-state index in [1.165, 1.54) is 4.90 Å². The maximum atomic E-state index is 14.1. The zero-order valence-corrected chi connectivity index (χ0v) is 25.8. The third-order valence-electron chi connectivity index (χ3n) is 6.86. The first kappa shape index (κ1) is 31.7. The lowest BCUT2D eigenvalue weighted by molar-refractivity contribution is -0.139. The predicted molar refractivity (Wildman–Crippen MR) is 162 cm³/mol. The van der Waals surface area contributed by atoms with Crippen molar-refractivity contribution in [1.29, 1.82) is 0 Å². The summed E-state index contributed by atoms with van der Waals surface area (Å²) in [6.07, 6.45) is 0. The topological polar surface area (TPSA) is 96.0 Å². The Morgan fingerprint density at radius 1 is 0.902 bits per heavy atom. The average Bonchev–Trinajstić information content (AvgIpc) is 2.94. The van der Waals surface area contributed by atoms with E-state index in [-0.39, 0.29) is 23.3 Å². The molecule has 1 atom stereocenters. The summed E-state index contributed by atoms with van der Waals surface area (Å²) in [6.45, 7) is 11.3. The minimum Gasteiger partial charge on any atom is -0.497 e. The molecule has 3 aromatic carbocycles. The van der Waals surface area contributed by atoms with Crippen LogP contribution in [0.5, 0.6) is 5.75 Å². The van der Waals surface area contributed by atoms with Gasteiger partial charge in [0.2, 0.25) is 11.8 Å². The molecule has 0 radical (unpaired) electrons. The lowest BCUT2D eigenvalue weighted by atomic mass is 10.1. The molecule has 0 aliphatic heterocycles. The molecule has 0 saturated carbocycles. The van der Waals surface area contributed by atoms with Crippen LogP contribution in [0.2, 0.25) is 0 Å². The quantitative estimate of drug-likeness (QED) is 0.326. The molecule has 0 fully saturated rings. The van der Waals surface area contributed by atoms with Crippen LogP contribution in [0.15, 0.2) is 71.6 Å². The molecule has 0 heterocycles. The summed E-state index contributed by atoms with van der Waals surface area (Å²) in [5.41, 5.74) is 3.65. The van der Waals surface area contributed by atoms with E-state index in [1.54, 1.807) is 56.5 Å². The number of hydrogen-bond donors (Lipinski definition) is 1. The molecule has 0 spiro atoms. The molecular formula is C32H41N3O5S. The van der Waals surface area contributed by atoms with Crippen LogP contribution in [0.1, 0.15) is 43.0 Å². The largest absolute Gasteiger partial charge is 0.497 e. The maximum Gasteiger partial charge on any atom is 0.264 e. The highest BCUT2D eigenvalue weighted by atomic mass is 32.2. The molecule has 8 nitrogen and oxygen atoms in total. The summed E-state index contributed by atoms with van der Waals surface area (Å²) in [5, 5.41) is 2.90. The maximum absolute atomic E-state index is 14.1. The Morgan fingerprint density at radius 3 is 2.20 bits per heavy atom. The predicted octanol–water partition coefficient (Wildman–Crippen LogP) is 5.01. The summed E-state index contributed by atoms with van der Waals surface area (Å²) >= 11 is 0. The molecule has 41 heavy (non-hydrogen) atoms. The number of carbonyl (C=O) groups excluding carboxylic acids is 2. The van der Waals surface area contributed by atoms with Gasteiger partial charge in [-0.1, -0.05) is 55.8 Å². The molecule has 0 saturated heterocycles. The number of hydrogen-bond acceptors (Lipinski definition) is 5. The normalized spacial score (nSPS) is 12.1. The Labute approximate surface area is 244 Å². The Kier molecular flexibility index (Phi) is 10.6. The molecule has 0 aliphatic rings. The minimum absolute atomic E-state index is 0.0823. The number of carbonyl (C=O) groups is 2. The lowest BCUT2D eigenvalue weighted by Gasteiger charge is -2.32. The standard InChI is InChI=1S/C32H41N3O5S/c1-22(2)19-33-32(37)26(6)34(20-27-9-8-10-28(18-27)40-7)31(36)21-35(30-17-24(4)11-14-25(30)5)41(38,39)29-15-12-23(3)13-16-29/h8-18,22,26H,19-21H2,1-7H3,(H,33,37). The van der Waals surface area contributed by atoms with Crippen LogP contribution in [0, 0.1) is 26.7 Å². The van der Waals surface area contributed by atoms with Gasteiger partial charge < -0.3 is 15.0 Å². The Hall–Kier alpha value is -3.85. The number of methoxy groups -OCH3 is 1. The van der Waals surface area contributed by atoms with Crippen molar-refractivity contribution in [2.45, 2.75) is 59.0 Å². The highest BCUT2D eigenvalue weighted by Gasteiger charge is 2.33. The van der Waals surface area contributed by atoms with Crippen LogP contribution >= 0.6 is 0 Å². The second kappa shape index (κ2) is 13.7. The van der Waals surface area contributed by atoms with Gasteiger partial charge in [-0.15, -0.1) is 0 Å². The fraction of sp³-hybridized carbons (Fsp3) is 0.375. The number of amides is 2. The zero-order valence-electron chi connectivity index (χ0n) is 25.0. The highest BCUT2D eigenvalue weighted by Crippen LogP contribution is 2.29. The molecule has 1 unspecified atom stereocenters. The lowest BCUT2D eigenvalue weighted by Crippen LogP contribution is -2.51. The first-order chi connectivity index (χ1) is 19.3. The van der Waals surface area contributed by atoms with E-state index in [1.807, 2.05) is 58.9 Å². The Balaban J connectivity index is 2.06. The van der Waals surface area contributed by atoms with Crippen molar-refractivity contribution < 1.29 is 22.7 Å². The van der Waals surface area contributed by atoms with Gasteiger partial charge in [0.1, 0.15) is 18.3 Å². The van der Waals surface area contributed by atoms with Gasteiger partial charge in [-0.3, -0.25) is 13.9 Å². The van der Waals surface area contributed by atoms with Crippen molar-refractivity contribution >= 4 is 27.5 Å². The number of sulfonamides is 1. The first-order valence-corrected chi connectivity index (χ1v) is 15.1. The fourth-order valence-corrected chi connectivity index (χ4v) is 5.81. The van der Waals surface area contributed by atoms with Crippen LogP contribution < -0.4 is 14.4 Å². The van der Waals surface area contributed by atoms with Gasteiger partial charge in [-0.05, 0) is 80.6 Å². The van der Waals surface area contributed by atoms with E-state index in [0.717, 1.165) is 21.0 Å². The van der Waals surface area contributed by atoms with Gasteiger partial charge in [0.15, 0.2) is 0 Å². The van der Waals surface area contributed by atoms with Crippen molar-refractivity contribution in [2.75, 3.05) is 24.5 Å². The number of nitrogens with zero attached hydrogens (tertiary/aromatic N) is 2. The molecule has 2 amide bonds. The first-order valence-electron chi connectivity index (χ1n) is 13.7. The van der Waals surface area contributed by atoms with Crippen LogP contribution in [-0.4, -0.2) is 51.4 Å². The van der Waals surface area contributed by atoms with Gasteiger partial charge in [0.25, 0.3) is 10.0 Å². The minimum atomic E-state index is -4.12. The number of aryl methyl sites for hydroxylation is 3. The zero-order chi connectivity index (χ0) is 30.3. The monoisotopic (exact) mass is 579 g/mol. The van der Waals surface area contributed by atoms with Crippen molar-refractivity contribution in [3.05, 3.63) is 89.0 Å². The van der Waals surface area contributed by atoms with E-state index in [2.05, 4.69) is 5.32 Å². The van der Waals surface area contributed by atoms with Gasteiger partial charge in [0.05, 0.1) is 17.7 Å². The fourth-order valence-electron chi connectivity index (χ4n) is 4.34. The molecule has 0 aromatic heterocycles. The number of nitrogens with one attached hydrogen (secondary N) is 1. The number of anilines is 1. The highest BCUT2D eigenvalue weighted by molar-refractivity contribution is 7.92. The van der Waals surface area contributed by atoms with Crippen LogP contribution in [0.25, 0.3) is 0 Å². The van der Waals surface area contributed by atoms with E-state index < -0.39 is 28.5 Å². The molecule has 0 aliphatic carbocycles. The molecule has 220 valence electrons. The summed E-state index contributed by atoms with van der Waals surface area (Å²) in [6, 6.07) is 18.4.